The molecule has 2 aliphatic rings. The number of furan rings is 1. The van der Waals surface area contributed by atoms with Crippen molar-refractivity contribution in [3.63, 3.8) is 0 Å². The fraction of sp³-hybridized carbons (Fsp3) is 0.600. The number of carbonyl (C=O) groups is 2. The van der Waals surface area contributed by atoms with E-state index in [1.54, 1.807) is 11.2 Å². The minimum absolute atomic E-state index is 0.0473. The number of nitrogens with zero attached hydrogens (tertiary/aromatic N) is 2. The Balaban J connectivity index is 1.65. The van der Waals surface area contributed by atoms with Gasteiger partial charge in [-0.25, -0.2) is 0 Å². The summed E-state index contributed by atoms with van der Waals surface area (Å²) in [5.41, 5.74) is 0.511. The minimum Gasteiger partial charge on any atom is -0.463 e. The minimum atomic E-state index is -0.942. The number of fused-ring (bicyclic) bond motifs is 1. The molecule has 2 aromatic rings. The van der Waals surface area contributed by atoms with Crippen LogP contribution >= 0.6 is 0 Å². The molecule has 31 heavy (non-hydrogen) atoms. The molecule has 1 saturated carbocycles. The van der Waals surface area contributed by atoms with E-state index in [9.17, 15) is 9.59 Å². The van der Waals surface area contributed by atoms with Crippen molar-refractivity contribution in [3.05, 3.63) is 36.2 Å². The lowest BCUT2D eigenvalue weighted by Gasteiger charge is -2.45. The van der Waals surface area contributed by atoms with E-state index in [0.29, 0.717) is 30.5 Å². The Morgan fingerprint density at radius 3 is 2.55 bits per heavy atom. The van der Waals surface area contributed by atoms with Gasteiger partial charge in [0.25, 0.3) is 5.91 Å². The molecular weight excluding hydrogens is 390 g/mol. The molecule has 1 N–H and O–H groups in total. The number of aromatic nitrogens is 1. The first-order valence-electron chi connectivity index (χ1n) is 11.7. The molecule has 1 atom stereocenters. The van der Waals surface area contributed by atoms with Crippen molar-refractivity contribution >= 4 is 11.8 Å². The highest BCUT2D eigenvalue weighted by Gasteiger charge is 2.48. The highest BCUT2D eigenvalue weighted by Crippen LogP contribution is 2.34. The highest BCUT2D eigenvalue weighted by atomic mass is 16.3. The first kappa shape index (κ1) is 21.7. The molecule has 6 nitrogen and oxygen atoms in total. The lowest BCUT2D eigenvalue weighted by Crippen LogP contribution is -2.65. The summed E-state index contributed by atoms with van der Waals surface area (Å²) >= 11 is 0. The normalized spacial score (nSPS) is 26.2. The molecule has 0 aromatic carbocycles. The largest absolute Gasteiger partial charge is 0.463 e. The Hall–Kier alpha value is -2.50. The molecule has 1 aliphatic carbocycles. The smallest absolute Gasteiger partial charge is 0.271 e. The molecule has 1 aliphatic heterocycles. The molecule has 2 aromatic heterocycles. The number of amides is 2. The summed E-state index contributed by atoms with van der Waals surface area (Å²) in [6.07, 6.45) is 6.79. The van der Waals surface area contributed by atoms with Gasteiger partial charge in [-0.05, 0) is 75.1 Å². The molecule has 168 valence electrons. The maximum Gasteiger partial charge on any atom is 0.271 e. The van der Waals surface area contributed by atoms with E-state index in [4.69, 9.17) is 4.42 Å². The second kappa shape index (κ2) is 8.56. The average Bonchev–Trinajstić information content (AvgIpc) is 3.38. The van der Waals surface area contributed by atoms with Crippen molar-refractivity contribution in [2.75, 3.05) is 6.54 Å². The quantitative estimate of drug-likeness (QED) is 0.729. The van der Waals surface area contributed by atoms with Crippen molar-refractivity contribution in [3.8, 4) is 11.5 Å². The van der Waals surface area contributed by atoms with Crippen molar-refractivity contribution in [1.29, 1.82) is 0 Å². The highest BCUT2D eigenvalue weighted by molar-refractivity contribution is 6.00. The second-order valence-electron chi connectivity index (χ2n) is 10.0. The molecule has 4 rings (SSSR count). The lowest BCUT2D eigenvalue weighted by atomic mass is 9.86. The Morgan fingerprint density at radius 1 is 1.19 bits per heavy atom. The number of rotatable bonds is 6. The standard InChI is InChI=1S/C25H35N3O3/c1-17(2)13-14-28-23(29)21-12-11-20(22-6-5-15-31-22)27(21)16-25(28,4)24(30)26-19-9-7-18(3)8-10-19/h5-6,11-12,15,17-19H,7-10,13-14,16H2,1-4H3,(H,26,30)/t18?,19?,25-/m0/s1. The Labute approximate surface area is 185 Å². The Bertz CT molecular complexity index is 922. The zero-order chi connectivity index (χ0) is 22.2. The van der Waals surface area contributed by atoms with Crippen LogP contribution in [0.3, 0.4) is 0 Å². The SMILES string of the molecule is CC(C)CCN1C(=O)c2ccc(-c3ccco3)n2C[C@@]1(C)C(=O)NC1CCC(C)CC1. The van der Waals surface area contributed by atoms with Gasteiger partial charge in [0.15, 0.2) is 0 Å². The first-order chi connectivity index (χ1) is 14.8. The molecule has 0 radical (unpaired) electrons. The third kappa shape index (κ3) is 4.17. The topological polar surface area (TPSA) is 67.5 Å². The summed E-state index contributed by atoms with van der Waals surface area (Å²) in [5, 5.41) is 3.30. The van der Waals surface area contributed by atoms with Gasteiger partial charge < -0.3 is 19.2 Å². The zero-order valence-corrected chi connectivity index (χ0v) is 19.2. The monoisotopic (exact) mass is 425 g/mol. The third-order valence-corrected chi connectivity index (χ3v) is 7.05. The van der Waals surface area contributed by atoms with E-state index in [0.717, 1.165) is 43.7 Å². The van der Waals surface area contributed by atoms with Gasteiger partial charge >= 0.3 is 0 Å². The molecular formula is C25H35N3O3. The van der Waals surface area contributed by atoms with Crippen LogP contribution in [0, 0.1) is 11.8 Å². The first-order valence-corrected chi connectivity index (χ1v) is 11.7. The maximum atomic E-state index is 13.7. The molecule has 0 spiro atoms. The summed E-state index contributed by atoms with van der Waals surface area (Å²) < 4.78 is 7.55. The van der Waals surface area contributed by atoms with Gasteiger partial charge in [-0.1, -0.05) is 20.8 Å². The van der Waals surface area contributed by atoms with Gasteiger partial charge in [-0.15, -0.1) is 0 Å². The van der Waals surface area contributed by atoms with Crippen LogP contribution < -0.4 is 5.32 Å². The second-order valence-corrected chi connectivity index (χ2v) is 10.0. The molecule has 0 bridgehead atoms. The van der Waals surface area contributed by atoms with Crippen LogP contribution in [0.1, 0.15) is 70.3 Å². The number of carbonyl (C=O) groups excluding carboxylic acids is 2. The van der Waals surface area contributed by atoms with Crippen LogP contribution in [0.15, 0.2) is 34.9 Å². The van der Waals surface area contributed by atoms with Crippen LogP contribution in [-0.2, 0) is 11.3 Å². The Morgan fingerprint density at radius 2 is 1.90 bits per heavy atom. The van der Waals surface area contributed by atoms with Crippen LogP contribution in [0.2, 0.25) is 0 Å². The van der Waals surface area contributed by atoms with Gasteiger partial charge in [-0.2, -0.15) is 0 Å². The molecule has 0 saturated heterocycles. The predicted octanol–water partition coefficient (Wildman–Crippen LogP) is 4.70. The summed E-state index contributed by atoms with van der Waals surface area (Å²) in [6.45, 7) is 9.48. The van der Waals surface area contributed by atoms with E-state index in [1.165, 1.54) is 0 Å². The van der Waals surface area contributed by atoms with Gasteiger partial charge in [0, 0.05) is 12.6 Å². The van der Waals surface area contributed by atoms with Crippen molar-refractivity contribution < 1.29 is 14.0 Å². The van der Waals surface area contributed by atoms with Gasteiger partial charge in [0.05, 0.1) is 18.5 Å². The summed E-state index contributed by atoms with van der Waals surface area (Å²) in [4.78, 5) is 29.0. The van der Waals surface area contributed by atoms with Gasteiger partial charge in [0.2, 0.25) is 5.91 Å². The van der Waals surface area contributed by atoms with E-state index in [2.05, 4.69) is 26.1 Å². The maximum absolute atomic E-state index is 13.7. The summed E-state index contributed by atoms with van der Waals surface area (Å²) in [7, 11) is 0. The van der Waals surface area contributed by atoms with Crippen LogP contribution in [0.25, 0.3) is 11.5 Å². The van der Waals surface area contributed by atoms with E-state index >= 15 is 0 Å². The summed E-state index contributed by atoms with van der Waals surface area (Å²) in [6, 6.07) is 7.68. The number of nitrogens with one attached hydrogen (secondary N) is 1. The van der Waals surface area contributed by atoms with E-state index in [-0.39, 0.29) is 17.9 Å². The van der Waals surface area contributed by atoms with E-state index < -0.39 is 5.54 Å². The third-order valence-electron chi connectivity index (χ3n) is 7.05. The predicted molar refractivity (Wildman–Crippen MR) is 121 cm³/mol. The fourth-order valence-electron chi connectivity index (χ4n) is 4.90. The molecule has 1 fully saturated rings. The number of hydrogen-bond acceptors (Lipinski definition) is 3. The molecule has 2 amide bonds. The summed E-state index contributed by atoms with van der Waals surface area (Å²) in [5.74, 6) is 1.75. The van der Waals surface area contributed by atoms with Gasteiger partial charge in [0.1, 0.15) is 17.0 Å². The van der Waals surface area contributed by atoms with E-state index in [1.807, 2.05) is 35.8 Å². The molecule has 0 unspecified atom stereocenters. The van der Waals surface area contributed by atoms with Crippen LogP contribution in [0.4, 0.5) is 0 Å². The van der Waals surface area contributed by atoms with Crippen molar-refractivity contribution in [2.24, 2.45) is 11.8 Å². The van der Waals surface area contributed by atoms with Crippen molar-refractivity contribution in [2.45, 2.75) is 77.9 Å². The average molecular weight is 426 g/mol. The van der Waals surface area contributed by atoms with Crippen LogP contribution in [0.5, 0.6) is 0 Å². The van der Waals surface area contributed by atoms with Crippen LogP contribution in [-0.4, -0.2) is 39.4 Å². The zero-order valence-electron chi connectivity index (χ0n) is 19.2. The van der Waals surface area contributed by atoms with Crippen molar-refractivity contribution in [1.82, 2.24) is 14.8 Å². The van der Waals surface area contributed by atoms with Gasteiger partial charge in [-0.3, -0.25) is 9.59 Å². The number of hydrogen-bond donors (Lipinski definition) is 1. The Kier molecular flexibility index (Phi) is 6.00. The lowest BCUT2D eigenvalue weighted by molar-refractivity contribution is -0.134. The fourth-order valence-corrected chi connectivity index (χ4v) is 4.90. The molecule has 6 heteroatoms. The molecule has 3 heterocycles.